The first-order valence-corrected chi connectivity index (χ1v) is 9.54. The topological polar surface area (TPSA) is 87.6 Å². The lowest BCUT2D eigenvalue weighted by Crippen LogP contribution is -2.36. The number of para-hydroxylation sites is 1. The Bertz CT molecular complexity index is 814. The number of anilines is 2. The molecule has 0 saturated heterocycles. The third-order valence-corrected chi connectivity index (χ3v) is 5.29. The van der Waals surface area contributed by atoms with E-state index in [1.165, 1.54) is 16.3 Å². The van der Waals surface area contributed by atoms with Gasteiger partial charge < -0.3 is 0 Å². The van der Waals surface area contributed by atoms with E-state index in [2.05, 4.69) is 34.5 Å². The van der Waals surface area contributed by atoms with Crippen molar-refractivity contribution in [1.82, 2.24) is 10.2 Å². The Kier molecular flexibility index (Phi) is 5.72. The number of nitrogens with zero attached hydrogens (tertiary/aromatic N) is 4. The molecule has 0 saturated carbocycles. The van der Waals surface area contributed by atoms with Crippen LogP contribution in [0, 0.1) is 0 Å². The fourth-order valence-electron chi connectivity index (χ4n) is 2.74. The van der Waals surface area contributed by atoms with Gasteiger partial charge in [-0.2, -0.15) is 5.10 Å². The van der Waals surface area contributed by atoms with Gasteiger partial charge in [0.05, 0.1) is 5.69 Å². The van der Waals surface area contributed by atoms with Crippen molar-refractivity contribution in [2.45, 2.75) is 45.4 Å². The van der Waals surface area contributed by atoms with Crippen molar-refractivity contribution in [3.63, 3.8) is 0 Å². The van der Waals surface area contributed by atoms with E-state index in [-0.39, 0.29) is 18.2 Å². The summed E-state index contributed by atoms with van der Waals surface area (Å²) in [6.45, 7) is 4.22. The van der Waals surface area contributed by atoms with E-state index >= 15 is 0 Å². The highest BCUT2D eigenvalue weighted by Gasteiger charge is 2.26. The molecule has 3 rings (SSSR count). The molecule has 0 aliphatic carbocycles. The number of hydrazone groups is 1. The summed E-state index contributed by atoms with van der Waals surface area (Å²) in [6, 6.07) is 9.09. The van der Waals surface area contributed by atoms with Crippen LogP contribution in [0.4, 0.5) is 10.8 Å². The van der Waals surface area contributed by atoms with E-state index in [9.17, 15) is 9.59 Å². The summed E-state index contributed by atoms with van der Waals surface area (Å²) in [5.74, 6) is -0.110. The van der Waals surface area contributed by atoms with Gasteiger partial charge in [-0.1, -0.05) is 43.4 Å². The summed E-state index contributed by atoms with van der Waals surface area (Å²) < 4.78 is 0. The number of aromatic nitrogens is 2. The van der Waals surface area contributed by atoms with Crippen LogP contribution in [0.15, 0.2) is 35.4 Å². The summed E-state index contributed by atoms with van der Waals surface area (Å²) in [6.07, 6.45) is 2.53. The zero-order chi connectivity index (χ0) is 18.5. The maximum atomic E-state index is 12.5. The first-order valence-electron chi connectivity index (χ1n) is 8.72. The molecule has 1 aliphatic rings. The van der Waals surface area contributed by atoms with Crippen LogP contribution in [0.2, 0.25) is 0 Å². The molecule has 0 atom stereocenters. The van der Waals surface area contributed by atoms with Gasteiger partial charge in [-0.05, 0) is 25.0 Å². The molecule has 2 heterocycles. The van der Waals surface area contributed by atoms with Crippen molar-refractivity contribution < 1.29 is 9.59 Å². The first kappa shape index (κ1) is 18.2. The van der Waals surface area contributed by atoms with Gasteiger partial charge in [-0.15, -0.1) is 10.2 Å². The van der Waals surface area contributed by atoms with E-state index in [1.807, 2.05) is 18.2 Å². The molecule has 1 aromatic heterocycles. The Labute approximate surface area is 156 Å². The number of carbonyl (C=O) groups is 2. The van der Waals surface area contributed by atoms with Gasteiger partial charge in [0, 0.05) is 18.8 Å². The molecule has 26 heavy (non-hydrogen) atoms. The predicted molar refractivity (Wildman–Crippen MR) is 102 cm³/mol. The molecular weight excluding hydrogens is 350 g/mol. The standard InChI is InChI=1S/C18H21N5O2S/c1-3-12(4-2)17-20-21-18(26-17)19-16(25)14-10-11-15(24)23(22-14)13-8-6-5-7-9-13/h5-9,12H,3-4,10-11H2,1-2H3,(H,19,21,25). The molecule has 7 nitrogen and oxygen atoms in total. The third-order valence-electron chi connectivity index (χ3n) is 4.29. The van der Waals surface area contributed by atoms with E-state index in [4.69, 9.17) is 0 Å². The summed E-state index contributed by atoms with van der Waals surface area (Å²) in [5.41, 5.74) is 0.960. The highest BCUT2D eigenvalue weighted by Crippen LogP contribution is 2.28. The second-order valence-electron chi connectivity index (χ2n) is 6.00. The Hall–Kier alpha value is -2.61. The number of nitrogens with one attached hydrogen (secondary N) is 1. The minimum Gasteiger partial charge on any atom is -0.295 e. The van der Waals surface area contributed by atoms with Crippen LogP contribution in [0.25, 0.3) is 0 Å². The lowest BCUT2D eigenvalue weighted by Gasteiger charge is -2.22. The van der Waals surface area contributed by atoms with Crippen LogP contribution in [0.5, 0.6) is 0 Å². The smallest absolute Gasteiger partial charge is 0.273 e. The van der Waals surface area contributed by atoms with Gasteiger partial charge in [0.1, 0.15) is 10.7 Å². The van der Waals surface area contributed by atoms with Crippen molar-refractivity contribution in [2.24, 2.45) is 5.10 Å². The van der Waals surface area contributed by atoms with Crippen LogP contribution in [0.1, 0.15) is 50.5 Å². The zero-order valence-corrected chi connectivity index (χ0v) is 15.6. The van der Waals surface area contributed by atoms with Crippen LogP contribution in [-0.4, -0.2) is 27.7 Å². The Balaban J connectivity index is 1.74. The van der Waals surface area contributed by atoms with E-state index in [1.54, 1.807) is 12.1 Å². The van der Waals surface area contributed by atoms with Crippen molar-refractivity contribution in [1.29, 1.82) is 0 Å². The molecule has 2 aromatic rings. The van der Waals surface area contributed by atoms with Crippen molar-refractivity contribution in [3.8, 4) is 0 Å². The van der Waals surface area contributed by atoms with Gasteiger partial charge in [0.25, 0.3) is 5.91 Å². The van der Waals surface area contributed by atoms with E-state index in [0.29, 0.717) is 28.9 Å². The molecule has 136 valence electrons. The number of carbonyl (C=O) groups excluding carboxylic acids is 2. The number of amides is 2. The number of benzene rings is 1. The molecule has 2 amide bonds. The quantitative estimate of drug-likeness (QED) is 0.841. The average molecular weight is 371 g/mol. The fraction of sp³-hybridized carbons (Fsp3) is 0.389. The molecule has 0 radical (unpaired) electrons. The molecule has 0 fully saturated rings. The maximum Gasteiger partial charge on any atom is 0.273 e. The molecule has 0 bridgehead atoms. The van der Waals surface area contributed by atoms with Crippen molar-refractivity contribution in [3.05, 3.63) is 35.3 Å². The summed E-state index contributed by atoms with van der Waals surface area (Å²) >= 11 is 1.39. The number of hydrogen-bond acceptors (Lipinski definition) is 6. The summed E-state index contributed by atoms with van der Waals surface area (Å²) in [7, 11) is 0. The van der Waals surface area contributed by atoms with Crippen molar-refractivity contribution in [2.75, 3.05) is 10.3 Å². The van der Waals surface area contributed by atoms with Gasteiger partial charge in [0.2, 0.25) is 11.0 Å². The van der Waals surface area contributed by atoms with Crippen LogP contribution in [0.3, 0.4) is 0 Å². The Morgan fingerprint density at radius 3 is 2.62 bits per heavy atom. The lowest BCUT2D eigenvalue weighted by atomic mass is 10.1. The van der Waals surface area contributed by atoms with Gasteiger partial charge in [0.15, 0.2) is 0 Å². The molecule has 0 unspecified atom stereocenters. The number of rotatable bonds is 6. The molecule has 1 aromatic carbocycles. The molecular formula is C18H21N5O2S. The van der Waals surface area contributed by atoms with Crippen molar-refractivity contribution >= 4 is 39.7 Å². The Morgan fingerprint density at radius 2 is 1.92 bits per heavy atom. The SMILES string of the molecule is CCC(CC)c1nnc(NC(=O)C2=NN(c3ccccc3)C(=O)CC2)s1. The van der Waals surface area contributed by atoms with Crippen LogP contribution >= 0.6 is 11.3 Å². The summed E-state index contributed by atoms with van der Waals surface area (Å²) in [5, 5.41) is 17.9. The largest absolute Gasteiger partial charge is 0.295 e. The van der Waals surface area contributed by atoms with E-state index < -0.39 is 0 Å². The average Bonchev–Trinajstić information content (AvgIpc) is 3.12. The highest BCUT2D eigenvalue weighted by molar-refractivity contribution is 7.15. The molecule has 8 heteroatoms. The fourth-order valence-corrected chi connectivity index (χ4v) is 3.75. The van der Waals surface area contributed by atoms with E-state index in [0.717, 1.165) is 17.8 Å². The second kappa shape index (κ2) is 8.18. The normalized spacial score (nSPS) is 14.5. The monoisotopic (exact) mass is 371 g/mol. The van der Waals surface area contributed by atoms with Gasteiger partial charge in [-0.3, -0.25) is 14.9 Å². The molecule has 0 spiro atoms. The van der Waals surface area contributed by atoms with Crippen LogP contribution in [-0.2, 0) is 9.59 Å². The summed E-state index contributed by atoms with van der Waals surface area (Å²) in [4.78, 5) is 24.7. The van der Waals surface area contributed by atoms with Crippen LogP contribution < -0.4 is 10.3 Å². The van der Waals surface area contributed by atoms with Gasteiger partial charge in [-0.25, -0.2) is 5.01 Å². The molecule has 1 N–H and O–H groups in total. The predicted octanol–water partition coefficient (Wildman–Crippen LogP) is 3.56. The second-order valence-corrected chi connectivity index (χ2v) is 7.01. The molecule has 1 aliphatic heterocycles. The highest BCUT2D eigenvalue weighted by atomic mass is 32.1. The first-order chi connectivity index (χ1) is 12.6. The van der Waals surface area contributed by atoms with Gasteiger partial charge >= 0.3 is 0 Å². The number of hydrogen-bond donors (Lipinski definition) is 1. The minimum absolute atomic E-state index is 0.125. The maximum absolute atomic E-state index is 12.5. The Morgan fingerprint density at radius 1 is 1.19 bits per heavy atom. The third kappa shape index (κ3) is 3.96. The zero-order valence-electron chi connectivity index (χ0n) is 14.8. The minimum atomic E-state index is -0.342. The lowest BCUT2D eigenvalue weighted by molar-refractivity contribution is -0.118.